The first kappa shape index (κ1) is 14.4. The molecule has 0 atom stereocenters. The number of nitrogens with two attached hydrogens (primary N) is 1. The summed E-state index contributed by atoms with van der Waals surface area (Å²) < 4.78 is 40.8. The lowest BCUT2D eigenvalue weighted by Gasteiger charge is -2.10. The number of hydrogen-bond donors (Lipinski definition) is 2. The van der Waals surface area contributed by atoms with Crippen molar-refractivity contribution in [1.82, 2.24) is 5.32 Å². The van der Waals surface area contributed by atoms with Crippen LogP contribution in [0.1, 0.15) is 17.3 Å². The average molecular weight is 276 g/mol. The molecule has 0 aliphatic rings. The predicted molar refractivity (Wildman–Crippen MR) is 62.3 cm³/mol. The molecule has 1 aromatic rings. The Hall–Kier alpha value is -1.67. The average Bonchev–Trinajstić information content (AvgIpc) is 2.27. The van der Waals surface area contributed by atoms with Crippen molar-refractivity contribution >= 4 is 15.9 Å². The number of ether oxygens (including phenoxy) is 1. The van der Waals surface area contributed by atoms with E-state index in [2.05, 4.69) is 10.1 Å². The van der Waals surface area contributed by atoms with Crippen LogP contribution in [0.2, 0.25) is 0 Å². The van der Waals surface area contributed by atoms with Gasteiger partial charge in [-0.2, -0.15) is 0 Å². The van der Waals surface area contributed by atoms with Crippen molar-refractivity contribution in [3.63, 3.8) is 0 Å². The highest BCUT2D eigenvalue weighted by atomic mass is 32.2. The Morgan fingerprint density at radius 3 is 2.56 bits per heavy atom. The summed E-state index contributed by atoms with van der Waals surface area (Å²) in [6, 6.07) is 1.86. The molecular weight excluding hydrogens is 263 g/mol. The maximum atomic E-state index is 13.6. The lowest BCUT2D eigenvalue weighted by molar-refractivity contribution is 0.0955. The van der Waals surface area contributed by atoms with Crippen LogP contribution >= 0.6 is 0 Å². The Labute approximate surface area is 104 Å². The zero-order valence-electron chi connectivity index (χ0n) is 9.86. The molecular formula is C10H13FN2O4S. The van der Waals surface area contributed by atoms with Crippen LogP contribution in [0.3, 0.4) is 0 Å². The van der Waals surface area contributed by atoms with E-state index >= 15 is 0 Å². The number of hydrogen-bond acceptors (Lipinski definition) is 4. The molecule has 100 valence electrons. The minimum atomic E-state index is -4.18. The Morgan fingerprint density at radius 1 is 1.50 bits per heavy atom. The summed E-state index contributed by atoms with van der Waals surface area (Å²) >= 11 is 0. The molecule has 0 bridgehead atoms. The molecule has 0 fully saturated rings. The normalized spacial score (nSPS) is 11.1. The van der Waals surface area contributed by atoms with E-state index in [4.69, 9.17) is 5.14 Å². The maximum absolute atomic E-state index is 13.6. The summed E-state index contributed by atoms with van der Waals surface area (Å²) in [6.07, 6.45) is 0. The molecule has 1 aromatic carbocycles. The van der Waals surface area contributed by atoms with Gasteiger partial charge in [0.1, 0.15) is 4.90 Å². The number of sulfonamides is 1. The van der Waals surface area contributed by atoms with Crippen LogP contribution in [0.15, 0.2) is 17.0 Å². The summed E-state index contributed by atoms with van der Waals surface area (Å²) in [6.45, 7) is 2.01. The lowest BCUT2D eigenvalue weighted by Crippen LogP contribution is -2.24. The molecule has 3 N–H and O–H groups in total. The van der Waals surface area contributed by atoms with Crippen LogP contribution in [0.4, 0.5) is 4.39 Å². The number of halogens is 1. The Morgan fingerprint density at radius 2 is 2.11 bits per heavy atom. The first-order valence-electron chi connectivity index (χ1n) is 4.99. The second-order valence-electron chi connectivity index (χ2n) is 3.39. The third-order valence-corrected chi connectivity index (χ3v) is 3.04. The van der Waals surface area contributed by atoms with Crippen molar-refractivity contribution in [3.05, 3.63) is 23.5 Å². The van der Waals surface area contributed by atoms with E-state index in [0.29, 0.717) is 6.54 Å². The monoisotopic (exact) mass is 276 g/mol. The van der Waals surface area contributed by atoms with Gasteiger partial charge >= 0.3 is 0 Å². The highest BCUT2D eigenvalue weighted by molar-refractivity contribution is 7.89. The van der Waals surface area contributed by atoms with E-state index in [1.54, 1.807) is 6.92 Å². The topological polar surface area (TPSA) is 98.5 Å². The van der Waals surface area contributed by atoms with E-state index in [0.717, 1.165) is 19.2 Å². The number of carbonyl (C=O) groups excluding carboxylic acids is 1. The summed E-state index contributed by atoms with van der Waals surface area (Å²) in [4.78, 5) is 11.0. The number of nitrogens with one attached hydrogen (secondary N) is 1. The molecule has 0 saturated heterocycles. The molecule has 0 spiro atoms. The van der Waals surface area contributed by atoms with Crippen molar-refractivity contribution < 1.29 is 22.3 Å². The molecule has 1 rings (SSSR count). The van der Waals surface area contributed by atoms with Crippen molar-refractivity contribution in [2.45, 2.75) is 11.8 Å². The van der Waals surface area contributed by atoms with Crippen molar-refractivity contribution in [1.29, 1.82) is 0 Å². The van der Waals surface area contributed by atoms with Gasteiger partial charge in [0.2, 0.25) is 10.0 Å². The van der Waals surface area contributed by atoms with Crippen LogP contribution < -0.4 is 15.2 Å². The van der Waals surface area contributed by atoms with Gasteiger partial charge in [-0.15, -0.1) is 0 Å². The van der Waals surface area contributed by atoms with E-state index in [9.17, 15) is 17.6 Å². The SMILES string of the molecule is CCNC(=O)c1cc(F)c(OC)c(S(N)(=O)=O)c1. The summed E-state index contributed by atoms with van der Waals surface area (Å²) in [5, 5.41) is 7.36. The largest absolute Gasteiger partial charge is 0.492 e. The first-order chi connectivity index (χ1) is 8.31. The Balaban J connectivity index is 3.45. The van der Waals surface area contributed by atoms with Gasteiger partial charge in [0, 0.05) is 12.1 Å². The zero-order chi connectivity index (χ0) is 13.9. The molecule has 6 nitrogen and oxygen atoms in total. The van der Waals surface area contributed by atoms with E-state index in [-0.39, 0.29) is 5.56 Å². The summed E-state index contributed by atoms with van der Waals surface area (Å²) in [7, 11) is -3.07. The lowest BCUT2D eigenvalue weighted by atomic mass is 10.2. The molecule has 18 heavy (non-hydrogen) atoms. The van der Waals surface area contributed by atoms with Crippen LogP contribution in [-0.4, -0.2) is 28.0 Å². The molecule has 8 heteroatoms. The third kappa shape index (κ3) is 2.96. The number of methoxy groups -OCH3 is 1. The van der Waals surface area contributed by atoms with Gasteiger partial charge in [0.05, 0.1) is 7.11 Å². The number of carbonyl (C=O) groups is 1. The zero-order valence-corrected chi connectivity index (χ0v) is 10.7. The maximum Gasteiger partial charge on any atom is 0.251 e. The molecule has 0 aliphatic heterocycles. The molecule has 1 amide bonds. The van der Waals surface area contributed by atoms with Gasteiger partial charge < -0.3 is 10.1 Å². The number of benzene rings is 1. The second kappa shape index (κ2) is 5.32. The smallest absolute Gasteiger partial charge is 0.251 e. The van der Waals surface area contributed by atoms with Crippen LogP contribution in [0.25, 0.3) is 0 Å². The van der Waals surface area contributed by atoms with Gasteiger partial charge in [-0.05, 0) is 19.1 Å². The van der Waals surface area contributed by atoms with Gasteiger partial charge in [0.15, 0.2) is 11.6 Å². The van der Waals surface area contributed by atoms with Gasteiger partial charge in [-0.25, -0.2) is 17.9 Å². The number of rotatable bonds is 4. The van der Waals surface area contributed by atoms with Crippen LogP contribution in [0, 0.1) is 5.82 Å². The molecule has 0 radical (unpaired) electrons. The quantitative estimate of drug-likeness (QED) is 0.822. The second-order valence-corrected chi connectivity index (χ2v) is 4.92. The predicted octanol–water partition coefficient (Wildman–Crippen LogP) is 0.231. The molecule has 0 aliphatic carbocycles. The van der Waals surface area contributed by atoms with Gasteiger partial charge in [0.25, 0.3) is 5.91 Å². The highest BCUT2D eigenvalue weighted by Gasteiger charge is 2.22. The van der Waals surface area contributed by atoms with Crippen molar-refractivity contribution in [3.8, 4) is 5.75 Å². The van der Waals surface area contributed by atoms with Gasteiger partial charge in [-0.1, -0.05) is 0 Å². The fourth-order valence-corrected chi connectivity index (χ4v) is 2.10. The van der Waals surface area contributed by atoms with Crippen LogP contribution in [-0.2, 0) is 10.0 Å². The Kier molecular flexibility index (Phi) is 4.25. The van der Waals surface area contributed by atoms with Crippen molar-refractivity contribution in [2.24, 2.45) is 5.14 Å². The number of amides is 1. The van der Waals surface area contributed by atoms with Crippen molar-refractivity contribution in [2.75, 3.05) is 13.7 Å². The number of primary sulfonamides is 1. The molecule has 0 unspecified atom stereocenters. The standard InChI is InChI=1S/C10H13FN2O4S/c1-3-13-10(14)6-4-7(11)9(17-2)8(5-6)18(12,15)16/h4-5H,3H2,1-2H3,(H,13,14)(H2,12,15,16). The molecule has 0 heterocycles. The fourth-order valence-electron chi connectivity index (χ4n) is 1.37. The third-order valence-electron chi connectivity index (χ3n) is 2.12. The summed E-state index contributed by atoms with van der Waals surface area (Å²) in [5.41, 5.74) is -0.140. The minimum absolute atomic E-state index is 0.140. The van der Waals surface area contributed by atoms with E-state index < -0.39 is 32.4 Å². The highest BCUT2D eigenvalue weighted by Crippen LogP contribution is 2.27. The van der Waals surface area contributed by atoms with Crippen LogP contribution in [0.5, 0.6) is 5.75 Å². The minimum Gasteiger partial charge on any atom is -0.492 e. The molecule has 0 aromatic heterocycles. The van der Waals surface area contributed by atoms with E-state index in [1.165, 1.54) is 0 Å². The fraction of sp³-hybridized carbons (Fsp3) is 0.300. The summed E-state index contributed by atoms with van der Waals surface area (Å²) in [5.74, 6) is -2.07. The van der Waals surface area contributed by atoms with Gasteiger partial charge in [-0.3, -0.25) is 4.79 Å². The molecule has 0 saturated carbocycles. The first-order valence-corrected chi connectivity index (χ1v) is 6.54. The Bertz CT molecular complexity index is 571. The van der Waals surface area contributed by atoms with E-state index in [1.807, 2.05) is 0 Å².